The van der Waals surface area contributed by atoms with Crippen molar-refractivity contribution >= 4 is 23.2 Å². The molecule has 0 aliphatic rings. The van der Waals surface area contributed by atoms with Gasteiger partial charge in [0.1, 0.15) is 5.56 Å². The molecule has 0 atom stereocenters. The van der Waals surface area contributed by atoms with Crippen molar-refractivity contribution in [3.05, 3.63) is 38.9 Å². The van der Waals surface area contributed by atoms with Crippen LogP contribution in [-0.4, -0.2) is 29.1 Å². The maximum Gasteiger partial charge on any atom is 0.283 e. The number of hydrogen-bond acceptors (Lipinski definition) is 4. The molecule has 0 unspecified atom stereocenters. The van der Waals surface area contributed by atoms with E-state index in [9.17, 15) is 14.9 Å². The van der Waals surface area contributed by atoms with Gasteiger partial charge in [-0.2, -0.15) is 0 Å². The fourth-order valence-electron chi connectivity index (χ4n) is 1.94. The molecule has 1 amide bonds. The van der Waals surface area contributed by atoms with Crippen molar-refractivity contribution in [2.45, 2.75) is 26.7 Å². The quantitative estimate of drug-likeness (QED) is 0.598. The second kappa shape index (κ2) is 7.38. The lowest BCUT2D eigenvalue weighted by molar-refractivity contribution is -0.385. The van der Waals surface area contributed by atoms with Gasteiger partial charge in [-0.05, 0) is 24.3 Å². The Kier molecular flexibility index (Phi) is 6.11. The predicted molar refractivity (Wildman–Crippen MR) is 80.5 cm³/mol. The van der Waals surface area contributed by atoms with Gasteiger partial charge in [-0.15, -0.1) is 0 Å². The van der Waals surface area contributed by atoms with E-state index in [1.54, 1.807) is 0 Å². The van der Waals surface area contributed by atoms with Crippen LogP contribution in [0.5, 0.6) is 0 Å². The number of benzene rings is 1. The molecule has 1 aromatic carbocycles. The fraction of sp³-hybridized carbons (Fsp3) is 0.500. The molecule has 1 aromatic rings. The molecular weight excluding hydrogens is 296 g/mol. The van der Waals surface area contributed by atoms with Crippen LogP contribution in [0.2, 0.25) is 5.02 Å². The summed E-state index contributed by atoms with van der Waals surface area (Å²) in [6, 6.07) is 4.13. The van der Waals surface area contributed by atoms with Gasteiger partial charge in [0.2, 0.25) is 0 Å². The molecule has 0 spiro atoms. The first-order chi connectivity index (χ1) is 9.78. The maximum absolute atomic E-state index is 12.2. The Hall–Kier alpha value is -1.66. The number of aliphatic hydroxyl groups excluding tert-OH is 1. The molecule has 0 bridgehead atoms. The van der Waals surface area contributed by atoms with Gasteiger partial charge in [-0.3, -0.25) is 14.9 Å². The molecule has 2 N–H and O–H groups in total. The zero-order chi connectivity index (χ0) is 16.0. The van der Waals surface area contributed by atoms with Gasteiger partial charge in [0.15, 0.2) is 0 Å². The molecule has 0 saturated heterocycles. The van der Waals surface area contributed by atoms with E-state index < -0.39 is 10.8 Å². The number of rotatable bonds is 7. The van der Waals surface area contributed by atoms with Gasteiger partial charge in [-0.25, -0.2) is 0 Å². The van der Waals surface area contributed by atoms with Gasteiger partial charge < -0.3 is 10.4 Å². The average Bonchev–Trinajstić information content (AvgIpc) is 2.42. The summed E-state index contributed by atoms with van der Waals surface area (Å²) < 4.78 is 0. The molecule has 0 aromatic heterocycles. The minimum atomic E-state index is -0.627. The standard InChI is InChI=1S/C14H19ClN2O4/c1-14(2,7-4-8-18)9-16-13(19)12-10(15)5-3-6-11(12)17(20)21/h3,5-6,18H,4,7-9H2,1-2H3,(H,16,19). The third-order valence-electron chi connectivity index (χ3n) is 3.15. The van der Waals surface area contributed by atoms with E-state index in [1.807, 2.05) is 13.8 Å². The topological polar surface area (TPSA) is 92.5 Å². The molecule has 21 heavy (non-hydrogen) atoms. The predicted octanol–water partition coefficient (Wildman–Crippen LogP) is 2.78. The molecule has 116 valence electrons. The number of halogens is 1. The van der Waals surface area contributed by atoms with Crippen molar-refractivity contribution in [3.63, 3.8) is 0 Å². The second-order valence-corrected chi connectivity index (χ2v) is 5.97. The van der Waals surface area contributed by atoms with Crippen LogP contribution >= 0.6 is 11.6 Å². The highest BCUT2D eigenvalue weighted by atomic mass is 35.5. The van der Waals surface area contributed by atoms with Crippen LogP contribution in [0.4, 0.5) is 5.69 Å². The van der Waals surface area contributed by atoms with Gasteiger partial charge >= 0.3 is 0 Å². The third-order valence-corrected chi connectivity index (χ3v) is 3.47. The maximum atomic E-state index is 12.2. The van der Waals surface area contributed by atoms with Crippen LogP contribution in [0.15, 0.2) is 18.2 Å². The number of nitrogens with zero attached hydrogens (tertiary/aromatic N) is 1. The lowest BCUT2D eigenvalue weighted by Gasteiger charge is -2.24. The molecule has 0 fully saturated rings. The summed E-state index contributed by atoms with van der Waals surface area (Å²) >= 11 is 5.90. The molecule has 0 aliphatic heterocycles. The highest BCUT2D eigenvalue weighted by Crippen LogP contribution is 2.27. The summed E-state index contributed by atoms with van der Waals surface area (Å²) in [5.41, 5.74) is -0.649. The zero-order valence-corrected chi connectivity index (χ0v) is 12.8. The van der Waals surface area contributed by atoms with Crippen LogP contribution in [0, 0.1) is 15.5 Å². The number of carbonyl (C=O) groups excluding carboxylic acids is 1. The summed E-state index contributed by atoms with van der Waals surface area (Å²) in [5, 5.41) is 22.5. The van der Waals surface area contributed by atoms with Gasteiger partial charge in [0.25, 0.3) is 11.6 Å². The number of hydrogen-bond donors (Lipinski definition) is 2. The summed E-state index contributed by atoms with van der Waals surface area (Å²) in [7, 11) is 0. The lowest BCUT2D eigenvalue weighted by atomic mass is 9.88. The number of nitro groups is 1. The Balaban J connectivity index is 2.84. The van der Waals surface area contributed by atoms with Crippen LogP contribution in [-0.2, 0) is 0 Å². The normalized spacial score (nSPS) is 11.2. The first kappa shape index (κ1) is 17.4. The third kappa shape index (κ3) is 4.99. The van der Waals surface area contributed by atoms with Gasteiger partial charge in [0, 0.05) is 19.2 Å². The largest absolute Gasteiger partial charge is 0.396 e. The van der Waals surface area contributed by atoms with Crippen LogP contribution < -0.4 is 5.32 Å². The monoisotopic (exact) mass is 314 g/mol. The van der Waals surface area contributed by atoms with Crippen molar-refractivity contribution in [1.29, 1.82) is 0 Å². The summed E-state index contributed by atoms with van der Waals surface area (Å²) in [5.74, 6) is -0.565. The van der Waals surface area contributed by atoms with E-state index in [0.29, 0.717) is 13.0 Å². The number of carbonyl (C=O) groups is 1. The SMILES string of the molecule is CC(C)(CCCO)CNC(=O)c1c(Cl)cccc1[N+](=O)[O-]. The van der Waals surface area contributed by atoms with Crippen LogP contribution in [0.1, 0.15) is 37.0 Å². The summed E-state index contributed by atoms with van der Waals surface area (Å²) in [6.45, 7) is 4.33. The number of nitrogens with one attached hydrogen (secondary N) is 1. The lowest BCUT2D eigenvalue weighted by Crippen LogP contribution is -2.34. The highest BCUT2D eigenvalue weighted by Gasteiger charge is 2.25. The van der Waals surface area contributed by atoms with Crippen molar-refractivity contribution < 1.29 is 14.8 Å². The first-order valence-electron chi connectivity index (χ1n) is 6.60. The van der Waals surface area contributed by atoms with Crippen molar-refractivity contribution in [2.75, 3.05) is 13.2 Å². The van der Waals surface area contributed by atoms with E-state index in [2.05, 4.69) is 5.32 Å². The van der Waals surface area contributed by atoms with Crippen LogP contribution in [0.3, 0.4) is 0 Å². The molecule has 0 radical (unpaired) electrons. The molecule has 0 saturated carbocycles. The van der Waals surface area contributed by atoms with E-state index in [1.165, 1.54) is 18.2 Å². The second-order valence-electron chi connectivity index (χ2n) is 5.57. The minimum absolute atomic E-state index is 0.0508. The van der Waals surface area contributed by atoms with Gasteiger partial charge in [-0.1, -0.05) is 31.5 Å². The summed E-state index contributed by atoms with van der Waals surface area (Å²) in [4.78, 5) is 22.5. The molecule has 1 rings (SSSR count). The van der Waals surface area contributed by atoms with Crippen molar-refractivity contribution in [2.24, 2.45) is 5.41 Å². The first-order valence-corrected chi connectivity index (χ1v) is 6.98. The Morgan fingerprint density at radius 2 is 2.14 bits per heavy atom. The molecular formula is C14H19ClN2O4. The Labute approximate surface area is 128 Å². The van der Waals surface area contributed by atoms with E-state index in [4.69, 9.17) is 16.7 Å². The summed E-state index contributed by atoms with van der Waals surface area (Å²) in [6.07, 6.45) is 1.36. The number of nitro benzene ring substituents is 1. The minimum Gasteiger partial charge on any atom is -0.396 e. The Bertz CT molecular complexity index is 532. The molecule has 0 heterocycles. The van der Waals surface area contributed by atoms with Crippen molar-refractivity contribution in [1.82, 2.24) is 5.32 Å². The Morgan fingerprint density at radius 3 is 2.71 bits per heavy atom. The van der Waals surface area contributed by atoms with E-state index >= 15 is 0 Å². The van der Waals surface area contributed by atoms with Gasteiger partial charge in [0.05, 0.1) is 9.95 Å². The Morgan fingerprint density at radius 1 is 1.48 bits per heavy atom. The smallest absolute Gasteiger partial charge is 0.283 e. The van der Waals surface area contributed by atoms with E-state index in [-0.39, 0.29) is 28.3 Å². The zero-order valence-electron chi connectivity index (χ0n) is 12.1. The molecule has 0 aliphatic carbocycles. The fourth-order valence-corrected chi connectivity index (χ4v) is 2.20. The van der Waals surface area contributed by atoms with Crippen molar-refractivity contribution in [3.8, 4) is 0 Å². The van der Waals surface area contributed by atoms with E-state index in [0.717, 1.165) is 6.42 Å². The molecule has 6 nitrogen and oxygen atoms in total. The highest BCUT2D eigenvalue weighted by molar-refractivity contribution is 6.34. The van der Waals surface area contributed by atoms with Crippen LogP contribution in [0.25, 0.3) is 0 Å². The average molecular weight is 315 g/mol. The molecule has 7 heteroatoms. The number of amides is 1. The number of aliphatic hydroxyl groups is 1.